The molecule has 2 atom stereocenters. The first kappa shape index (κ1) is 22.1. The second-order valence-corrected chi connectivity index (χ2v) is 10.3. The van der Waals surface area contributed by atoms with E-state index >= 15 is 0 Å². The number of likely N-dealkylation sites (tertiary alicyclic amines) is 1. The molecule has 3 aliphatic rings. The number of rotatable bonds is 7. The van der Waals surface area contributed by atoms with Gasteiger partial charge < -0.3 is 9.80 Å². The van der Waals surface area contributed by atoms with Crippen LogP contribution in [0.25, 0.3) is 0 Å². The molecule has 1 saturated carbocycles. The third-order valence-corrected chi connectivity index (χ3v) is 8.59. The van der Waals surface area contributed by atoms with Gasteiger partial charge in [0.15, 0.2) is 0 Å². The highest BCUT2D eigenvalue weighted by Crippen LogP contribution is 2.59. The van der Waals surface area contributed by atoms with Gasteiger partial charge in [-0.1, -0.05) is 20.8 Å². The summed E-state index contributed by atoms with van der Waals surface area (Å²) < 4.78 is 0. The summed E-state index contributed by atoms with van der Waals surface area (Å²) in [6.07, 6.45) is 4.41. The molecule has 1 aliphatic carbocycles. The normalized spacial score (nSPS) is 28.2. The summed E-state index contributed by atoms with van der Waals surface area (Å²) in [5.41, 5.74) is 1.15. The molecule has 0 radical (unpaired) electrons. The molecule has 31 heavy (non-hydrogen) atoms. The zero-order chi connectivity index (χ0) is 22.2. The molecule has 2 aliphatic heterocycles. The van der Waals surface area contributed by atoms with Gasteiger partial charge in [0.2, 0.25) is 5.91 Å². The van der Waals surface area contributed by atoms with Crippen LogP contribution in [0.15, 0.2) is 24.3 Å². The monoisotopic (exact) mass is 428 g/mol. The van der Waals surface area contributed by atoms with Crippen molar-refractivity contribution >= 4 is 17.3 Å². The average Bonchev–Trinajstić information content (AvgIpc) is 2.90. The van der Waals surface area contributed by atoms with Crippen molar-refractivity contribution in [2.45, 2.75) is 46.5 Å². The summed E-state index contributed by atoms with van der Waals surface area (Å²) in [7, 11) is 0. The van der Waals surface area contributed by atoms with Crippen LogP contribution < -0.4 is 4.90 Å². The fourth-order valence-electron chi connectivity index (χ4n) is 5.84. The number of nitro benzene ring substituents is 1. The van der Waals surface area contributed by atoms with Gasteiger partial charge in [0.25, 0.3) is 5.69 Å². The maximum Gasteiger partial charge on any atom is 0.269 e. The minimum Gasteiger partial charge on any atom is -0.369 e. The lowest BCUT2D eigenvalue weighted by Gasteiger charge is -2.49. The van der Waals surface area contributed by atoms with Crippen molar-refractivity contribution in [3.8, 4) is 0 Å². The van der Waals surface area contributed by atoms with E-state index in [1.165, 1.54) is 6.42 Å². The minimum absolute atomic E-state index is 0.129. The van der Waals surface area contributed by atoms with E-state index < -0.39 is 0 Å². The molecule has 2 bridgehead atoms. The van der Waals surface area contributed by atoms with Crippen LogP contribution in [-0.4, -0.2) is 66.4 Å². The minimum atomic E-state index is -0.356. The molecule has 7 nitrogen and oxygen atoms in total. The summed E-state index contributed by atoms with van der Waals surface area (Å²) in [4.78, 5) is 30.5. The van der Waals surface area contributed by atoms with E-state index in [4.69, 9.17) is 0 Å². The van der Waals surface area contributed by atoms with Gasteiger partial charge in [0, 0.05) is 57.1 Å². The fourth-order valence-corrected chi connectivity index (χ4v) is 5.84. The Hall–Kier alpha value is -2.15. The summed E-state index contributed by atoms with van der Waals surface area (Å²) in [5, 5.41) is 10.8. The van der Waals surface area contributed by atoms with Gasteiger partial charge in [-0.3, -0.25) is 19.8 Å². The Kier molecular flexibility index (Phi) is 5.99. The number of nitrogens with zero attached hydrogens (tertiary/aromatic N) is 4. The smallest absolute Gasteiger partial charge is 0.269 e. The molecule has 2 saturated heterocycles. The Balaban J connectivity index is 1.18. The van der Waals surface area contributed by atoms with Crippen LogP contribution in [0.5, 0.6) is 0 Å². The van der Waals surface area contributed by atoms with E-state index in [2.05, 4.69) is 35.5 Å². The molecule has 0 aromatic heterocycles. The molecule has 1 amide bonds. The van der Waals surface area contributed by atoms with Crippen LogP contribution in [0.3, 0.4) is 0 Å². The van der Waals surface area contributed by atoms with Gasteiger partial charge >= 0.3 is 0 Å². The highest BCUT2D eigenvalue weighted by molar-refractivity contribution is 5.85. The number of carbonyl (C=O) groups is 1. The lowest BCUT2D eigenvalue weighted by Crippen LogP contribution is -2.56. The van der Waals surface area contributed by atoms with E-state index in [0.717, 1.165) is 70.8 Å². The number of benzene rings is 1. The molecule has 0 N–H and O–H groups in total. The number of carbonyl (C=O) groups excluding carboxylic acids is 1. The first-order valence-electron chi connectivity index (χ1n) is 11.7. The van der Waals surface area contributed by atoms with E-state index in [1.807, 2.05) is 12.1 Å². The van der Waals surface area contributed by atoms with Crippen LogP contribution in [0.2, 0.25) is 0 Å². The van der Waals surface area contributed by atoms with Crippen LogP contribution in [0.1, 0.15) is 46.5 Å². The standard InChI is InChI=1S/C24H36N4O3/c1-23(2)19-10-11-24(23,3)22(29)27(18-19)13-5-4-12-25-14-16-26(17-15-25)20-6-8-21(9-7-20)28(30)31/h6-9,19H,4-5,10-18H2,1-3H3/t19?,24-/m0/s1. The van der Waals surface area contributed by atoms with Gasteiger partial charge in [-0.05, 0) is 55.7 Å². The van der Waals surface area contributed by atoms with Crippen molar-refractivity contribution in [1.82, 2.24) is 9.80 Å². The number of fused-ring (bicyclic) bond motifs is 2. The Bertz CT molecular complexity index is 817. The first-order valence-corrected chi connectivity index (χ1v) is 11.7. The zero-order valence-corrected chi connectivity index (χ0v) is 19.2. The van der Waals surface area contributed by atoms with Crippen molar-refractivity contribution < 1.29 is 9.72 Å². The topological polar surface area (TPSA) is 69.9 Å². The van der Waals surface area contributed by atoms with Crippen LogP contribution in [0.4, 0.5) is 11.4 Å². The fraction of sp³-hybridized carbons (Fsp3) is 0.708. The molecule has 1 unspecified atom stereocenters. The number of unbranched alkanes of at least 4 members (excludes halogenated alkanes) is 1. The predicted octanol–water partition coefficient (Wildman–Crippen LogP) is 3.78. The van der Waals surface area contributed by atoms with E-state index in [9.17, 15) is 14.9 Å². The number of amides is 1. The SMILES string of the molecule is CC1(C)C2CC[C@@]1(C)C(=O)N(CCCCN1CCN(c3ccc([N+](=O)[O-])cc3)CC1)C2. The first-order chi connectivity index (χ1) is 14.7. The molecule has 1 aromatic rings. The third kappa shape index (κ3) is 4.04. The van der Waals surface area contributed by atoms with Crippen molar-refractivity contribution in [2.75, 3.05) is 50.7 Å². The van der Waals surface area contributed by atoms with Gasteiger partial charge in [0.05, 0.1) is 10.3 Å². The predicted molar refractivity (Wildman–Crippen MR) is 122 cm³/mol. The van der Waals surface area contributed by atoms with Crippen LogP contribution >= 0.6 is 0 Å². The van der Waals surface area contributed by atoms with Gasteiger partial charge in [-0.2, -0.15) is 0 Å². The third-order valence-electron chi connectivity index (χ3n) is 8.59. The van der Waals surface area contributed by atoms with Gasteiger partial charge in [-0.25, -0.2) is 0 Å². The maximum absolute atomic E-state index is 13.1. The number of piperazine rings is 1. The van der Waals surface area contributed by atoms with E-state index in [1.54, 1.807) is 12.1 Å². The average molecular weight is 429 g/mol. The van der Waals surface area contributed by atoms with Gasteiger partial charge in [-0.15, -0.1) is 0 Å². The summed E-state index contributed by atoms with van der Waals surface area (Å²) in [5.74, 6) is 1.02. The number of hydrogen-bond acceptors (Lipinski definition) is 5. The highest BCUT2D eigenvalue weighted by Gasteiger charge is 2.60. The van der Waals surface area contributed by atoms with Crippen molar-refractivity contribution in [1.29, 1.82) is 0 Å². The molecule has 170 valence electrons. The van der Waals surface area contributed by atoms with Crippen LogP contribution in [0, 0.1) is 26.9 Å². The summed E-state index contributed by atoms with van der Waals surface area (Å²) in [6, 6.07) is 6.85. The molecule has 1 aromatic carbocycles. The van der Waals surface area contributed by atoms with Crippen molar-refractivity contribution in [3.05, 3.63) is 34.4 Å². The molecule has 7 heteroatoms. The largest absolute Gasteiger partial charge is 0.369 e. The molecular formula is C24H36N4O3. The summed E-state index contributed by atoms with van der Waals surface area (Å²) >= 11 is 0. The van der Waals surface area contributed by atoms with Crippen LogP contribution in [-0.2, 0) is 4.79 Å². The lowest BCUT2D eigenvalue weighted by molar-refractivity contribution is -0.384. The van der Waals surface area contributed by atoms with Crippen molar-refractivity contribution in [3.63, 3.8) is 0 Å². The Labute approximate surface area is 185 Å². The maximum atomic E-state index is 13.1. The second kappa shape index (κ2) is 8.41. The zero-order valence-electron chi connectivity index (χ0n) is 19.2. The summed E-state index contributed by atoms with van der Waals surface area (Å²) in [6.45, 7) is 13.6. The number of nitro groups is 1. The number of non-ortho nitro benzene ring substituents is 1. The lowest BCUT2D eigenvalue weighted by atomic mass is 9.62. The molecule has 0 spiro atoms. The Morgan fingerprint density at radius 1 is 1.03 bits per heavy atom. The number of hydrogen-bond donors (Lipinski definition) is 0. The quantitative estimate of drug-likeness (QED) is 0.375. The number of piperidine rings is 1. The highest BCUT2D eigenvalue weighted by atomic mass is 16.6. The van der Waals surface area contributed by atoms with Gasteiger partial charge in [0.1, 0.15) is 0 Å². The Morgan fingerprint density at radius 2 is 1.68 bits per heavy atom. The number of anilines is 1. The Morgan fingerprint density at radius 3 is 2.32 bits per heavy atom. The molecular weight excluding hydrogens is 392 g/mol. The van der Waals surface area contributed by atoms with Crippen molar-refractivity contribution in [2.24, 2.45) is 16.7 Å². The van der Waals surface area contributed by atoms with E-state index in [0.29, 0.717) is 11.8 Å². The molecule has 3 fully saturated rings. The molecule has 4 rings (SSSR count). The second-order valence-electron chi connectivity index (χ2n) is 10.3. The molecule has 2 heterocycles. The van der Waals surface area contributed by atoms with E-state index in [-0.39, 0.29) is 21.4 Å².